The molecule has 2 N–H and O–H groups in total. The van der Waals surface area contributed by atoms with Gasteiger partial charge in [-0.1, -0.05) is 181 Å². The van der Waals surface area contributed by atoms with Gasteiger partial charge in [0.25, 0.3) is 0 Å². The molecule has 10 heteroatoms. The van der Waals surface area contributed by atoms with Gasteiger partial charge in [-0.2, -0.15) is 0 Å². The zero-order valence-corrected chi connectivity index (χ0v) is 51.4. The van der Waals surface area contributed by atoms with Crippen molar-refractivity contribution in [3.8, 4) is 0 Å². The summed E-state index contributed by atoms with van der Waals surface area (Å²) < 4.78 is 0. The van der Waals surface area contributed by atoms with Crippen LogP contribution < -0.4 is 0 Å². The SMILES string of the molecule is CC(=O)c1cc2cc3ccccc3cc2cc1C(=O)O.CC(=O)c1cc2ccccc2cc1C(=O)O.c1ccc(Sc2ccc([S+](c3ccccc3)c3ccccc3)cc2)cc1.c1ccc(Sc2ccc([S+](c3ccccc3)c3ccccc3)cc2)cc1. The average molecular weight is 1220 g/mol. The number of hydrogen-bond donors (Lipinski definition) is 2. The van der Waals surface area contributed by atoms with E-state index in [9.17, 15) is 24.3 Å². The van der Waals surface area contributed by atoms with Crippen molar-refractivity contribution in [3.63, 3.8) is 0 Å². The number of hydrogen-bond acceptors (Lipinski definition) is 6. The van der Waals surface area contributed by atoms with Gasteiger partial charge in [0.15, 0.2) is 40.9 Å². The second-order valence-corrected chi connectivity index (χ2v) is 26.4. The Morgan fingerprint density at radius 2 is 0.466 bits per heavy atom. The molecule has 430 valence electrons. The quantitative estimate of drug-likeness (QED) is 0.0630. The molecule has 0 aliphatic carbocycles. The van der Waals surface area contributed by atoms with Crippen LogP contribution in [0.2, 0.25) is 0 Å². The van der Waals surface area contributed by atoms with Crippen molar-refractivity contribution < 1.29 is 29.4 Å². The Hall–Kier alpha value is -9.68. The van der Waals surface area contributed by atoms with E-state index >= 15 is 0 Å². The molecule has 0 radical (unpaired) electrons. The second kappa shape index (κ2) is 30.1. The van der Waals surface area contributed by atoms with E-state index in [0.717, 1.165) is 32.3 Å². The average Bonchev–Trinajstić information content (AvgIpc) is 3.22. The maximum absolute atomic E-state index is 11.6. The molecule has 0 fully saturated rings. The Bertz CT molecular complexity index is 4110. The normalized spacial score (nSPS) is 10.7. The molecule has 0 amide bonds. The number of fused-ring (bicyclic) bond motifs is 3. The Kier molecular flexibility index (Phi) is 21.0. The van der Waals surface area contributed by atoms with Crippen molar-refractivity contribution in [1.82, 2.24) is 0 Å². The molecule has 13 aromatic rings. The van der Waals surface area contributed by atoms with Gasteiger partial charge in [0, 0.05) is 30.7 Å². The number of benzene rings is 13. The molecule has 0 atom stereocenters. The lowest BCUT2D eigenvalue weighted by atomic mass is 9.96. The molecule has 0 heterocycles. The predicted octanol–water partition coefficient (Wildman–Crippen LogP) is 20.5. The Morgan fingerprint density at radius 3 is 0.750 bits per heavy atom. The van der Waals surface area contributed by atoms with E-state index in [1.54, 1.807) is 41.7 Å². The molecule has 88 heavy (non-hydrogen) atoms. The van der Waals surface area contributed by atoms with Gasteiger partial charge in [0.1, 0.15) is 0 Å². The van der Waals surface area contributed by atoms with Crippen LogP contribution in [0.15, 0.2) is 364 Å². The van der Waals surface area contributed by atoms with E-state index in [0.29, 0.717) is 0 Å². The lowest BCUT2D eigenvalue weighted by Gasteiger charge is -2.08. The van der Waals surface area contributed by atoms with Gasteiger partial charge in [0.05, 0.1) is 32.9 Å². The van der Waals surface area contributed by atoms with E-state index in [4.69, 9.17) is 5.11 Å². The molecule has 0 saturated heterocycles. The number of carbonyl (C=O) groups excluding carboxylic acids is 2. The van der Waals surface area contributed by atoms with Crippen LogP contribution in [-0.4, -0.2) is 33.7 Å². The second-order valence-electron chi connectivity index (χ2n) is 20.0. The molecule has 0 unspecified atom stereocenters. The number of Topliss-reactive ketones (excluding diaryl/α,β-unsaturated/α-hetero) is 2. The van der Waals surface area contributed by atoms with E-state index in [-0.39, 0.29) is 55.6 Å². The summed E-state index contributed by atoms with van der Waals surface area (Å²) in [6.45, 7) is 2.76. The van der Waals surface area contributed by atoms with Gasteiger partial charge in [-0.25, -0.2) is 9.59 Å². The van der Waals surface area contributed by atoms with Crippen LogP contribution in [0.5, 0.6) is 0 Å². The molecule has 0 bridgehead atoms. The fourth-order valence-electron chi connectivity index (χ4n) is 9.75. The first-order chi connectivity index (χ1) is 42.9. The topological polar surface area (TPSA) is 109 Å². The summed E-state index contributed by atoms with van der Waals surface area (Å²) in [5.74, 6) is -2.62. The van der Waals surface area contributed by atoms with E-state index in [1.165, 1.54) is 68.9 Å². The lowest BCUT2D eigenvalue weighted by molar-refractivity contribution is 0.0683. The number of carbonyl (C=O) groups is 4. The minimum Gasteiger partial charge on any atom is -0.478 e. The van der Waals surface area contributed by atoms with Crippen LogP contribution in [0, 0.1) is 0 Å². The van der Waals surface area contributed by atoms with Crippen molar-refractivity contribution in [2.75, 3.05) is 0 Å². The molecule has 0 aliphatic rings. The smallest absolute Gasteiger partial charge is 0.336 e. The summed E-state index contributed by atoms with van der Waals surface area (Å²) in [7, 11) is -0.157. The van der Waals surface area contributed by atoms with Crippen molar-refractivity contribution in [2.45, 2.75) is 62.8 Å². The first kappa shape index (κ1) is 61.4. The van der Waals surface area contributed by atoms with Gasteiger partial charge >= 0.3 is 11.9 Å². The molecule has 0 aromatic heterocycles. The standard InChI is InChI=1S/2C24H19S2.C17H12O3.C13H10O3/c2*1-4-10-20(11-5-1)25-21-16-18-24(19-17-21)26(22-12-6-2-7-13-22)23-14-8-3-9-15-23;1-10(18)15-8-13-6-11-4-2-3-5-12(11)7-14(13)9-16(15)17(19)20;1-8(14)11-6-9-4-2-3-5-10(9)7-12(11)13(15)16/h2*1-19H;2-9H,1H3,(H,19,20);2-7H,1H3,(H,15,16)/q2*+1;;. The molecule has 13 aromatic carbocycles. The molecule has 0 aliphatic heterocycles. The molecular formula is C78H60O6S4+2. The fraction of sp³-hybridized carbons (Fsp3) is 0.0256. The summed E-state index contributed by atoms with van der Waals surface area (Å²) >= 11 is 3.61. The highest BCUT2D eigenvalue weighted by molar-refractivity contribution is 7.99. The summed E-state index contributed by atoms with van der Waals surface area (Å²) in [6, 6.07) is 108. The van der Waals surface area contributed by atoms with Gasteiger partial charge in [-0.05, 0) is 204 Å². The minimum atomic E-state index is -1.08. The zero-order chi connectivity index (χ0) is 61.2. The Labute approximate surface area is 527 Å². The molecule has 0 saturated carbocycles. The van der Waals surface area contributed by atoms with E-state index < -0.39 is 11.9 Å². The number of carboxylic acids is 2. The summed E-state index contributed by atoms with van der Waals surface area (Å²) in [6.07, 6.45) is 0. The Balaban J connectivity index is 0.000000132. The maximum atomic E-state index is 11.6. The molecule has 6 nitrogen and oxygen atoms in total. The number of carboxylic acid groups (broad SMARTS) is 2. The van der Waals surface area contributed by atoms with Crippen LogP contribution in [0.25, 0.3) is 32.3 Å². The zero-order valence-electron chi connectivity index (χ0n) is 48.2. The van der Waals surface area contributed by atoms with E-state index in [1.807, 2.05) is 60.7 Å². The number of ketones is 2. The highest BCUT2D eigenvalue weighted by Gasteiger charge is 2.29. The first-order valence-corrected chi connectivity index (χ1v) is 32.4. The number of aromatic carboxylic acids is 2. The van der Waals surface area contributed by atoms with Gasteiger partial charge in [0.2, 0.25) is 0 Å². The number of rotatable bonds is 14. The third kappa shape index (κ3) is 16.0. The summed E-state index contributed by atoms with van der Waals surface area (Å²) in [5.41, 5.74) is 0.623. The largest absolute Gasteiger partial charge is 0.478 e. The van der Waals surface area contributed by atoms with Crippen LogP contribution in [0.4, 0.5) is 0 Å². The molecule has 0 spiro atoms. The van der Waals surface area contributed by atoms with Crippen LogP contribution in [0.3, 0.4) is 0 Å². The van der Waals surface area contributed by atoms with Crippen molar-refractivity contribution in [3.05, 3.63) is 338 Å². The minimum absolute atomic E-state index is 0.0558. The third-order valence-electron chi connectivity index (χ3n) is 13.9. The van der Waals surface area contributed by atoms with Crippen LogP contribution >= 0.6 is 23.5 Å². The predicted molar refractivity (Wildman–Crippen MR) is 363 cm³/mol. The summed E-state index contributed by atoms with van der Waals surface area (Å²) in [4.78, 5) is 58.4. The third-order valence-corrected chi connectivity index (χ3v) is 20.4. The van der Waals surface area contributed by atoms with Crippen LogP contribution in [0.1, 0.15) is 55.3 Å². The lowest BCUT2D eigenvalue weighted by Crippen LogP contribution is -2.06. The highest BCUT2D eigenvalue weighted by Crippen LogP contribution is 2.36. The van der Waals surface area contributed by atoms with Crippen LogP contribution in [-0.2, 0) is 21.8 Å². The fourth-order valence-corrected chi connectivity index (χ4v) is 15.6. The van der Waals surface area contributed by atoms with Crippen molar-refractivity contribution >= 4 is 101 Å². The first-order valence-electron chi connectivity index (χ1n) is 28.3. The van der Waals surface area contributed by atoms with Crippen molar-refractivity contribution in [1.29, 1.82) is 0 Å². The van der Waals surface area contributed by atoms with Gasteiger partial charge < -0.3 is 10.2 Å². The maximum Gasteiger partial charge on any atom is 0.336 e. The monoisotopic (exact) mass is 1220 g/mol. The van der Waals surface area contributed by atoms with Crippen molar-refractivity contribution in [2.24, 2.45) is 0 Å². The highest BCUT2D eigenvalue weighted by atomic mass is 32.2. The molecule has 13 rings (SSSR count). The summed E-state index contributed by atoms with van der Waals surface area (Å²) in [5, 5.41) is 23.8. The van der Waals surface area contributed by atoms with E-state index in [2.05, 4.69) is 231 Å². The Morgan fingerprint density at radius 1 is 0.250 bits per heavy atom. The van der Waals surface area contributed by atoms with Gasteiger partial charge in [-0.3, -0.25) is 9.59 Å². The van der Waals surface area contributed by atoms with Gasteiger partial charge in [-0.15, -0.1) is 0 Å². The molecular weight excluding hydrogens is 1160 g/mol.